The fraction of sp³-hybridized carbons (Fsp3) is 0.273. The Morgan fingerprint density at radius 3 is 2.90 bits per heavy atom. The van der Waals surface area contributed by atoms with E-state index in [4.69, 9.17) is 23.2 Å². The number of alkyl halides is 1. The Morgan fingerprint density at radius 1 is 1.17 bits per heavy atom. The molecule has 0 saturated heterocycles. The van der Waals surface area contributed by atoms with Crippen LogP contribution in [0.5, 0.6) is 0 Å². The molecule has 1 atom stereocenters. The van der Waals surface area contributed by atoms with Crippen LogP contribution in [0.1, 0.15) is 41.8 Å². The summed E-state index contributed by atoms with van der Waals surface area (Å²) >= 11 is 13.3. The summed E-state index contributed by atoms with van der Waals surface area (Å²) in [5.74, 6) is 0.508. The van der Waals surface area contributed by atoms with Crippen LogP contribution in [0.25, 0.3) is 11.3 Å². The Bertz CT molecular complexity index is 1120. The third kappa shape index (κ3) is 3.27. The monoisotopic (exact) mass is 428 g/mol. The van der Waals surface area contributed by atoms with E-state index in [9.17, 15) is 4.39 Å². The number of benzene rings is 2. The van der Waals surface area contributed by atoms with Crippen LogP contribution in [-0.2, 0) is 18.0 Å². The van der Waals surface area contributed by atoms with Crippen molar-refractivity contribution in [3.05, 3.63) is 82.2 Å². The van der Waals surface area contributed by atoms with Crippen LogP contribution >= 0.6 is 23.2 Å². The molecule has 2 heterocycles. The van der Waals surface area contributed by atoms with Gasteiger partial charge in [0.05, 0.1) is 22.1 Å². The van der Waals surface area contributed by atoms with Crippen molar-refractivity contribution in [2.24, 2.45) is 0 Å². The minimum absolute atomic E-state index is 0.182. The van der Waals surface area contributed by atoms with Gasteiger partial charge in [-0.3, -0.25) is 4.57 Å². The molecule has 0 spiro atoms. The Labute approximate surface area is 178 Å². The number of aromatic nitrogens is 3. The van der Waals surface area contributed by atoms with E-state index >= 15 is 0 Å². The summed E-state index contributed by atoms with van der Waals surface area (Å²) in [7, 11) is 0. The second kappa shape index (κ2) is 7.24. The van der Waals surface area contributed by atoms with Crippen LogP contribution in [0.15, 0.2) is 48.8 Å². The Balaban J connectivity index is 1.46. The summed E-state index contributed by atoms with van der Waals surface area (Å²) in [6, 6.07) is 11.3. The molecule has 0 amide bonds. The summed E-state index contributed by atoms with van der Waals surface area (Å²) in [5.41, 5.74) is 5.16. The lowest BCUT2D eigenvalue weighted by Crippen LogP contribution is -2.22. The van der Waals surface area contributed by atoms with Crippen molar-refractivity contribution in [3.8, 4) is 5.69 Å². The normalized spacial score (nSPS) is 21.1. The van der Waals surface area contributed by atoms with Crippen LogP contribution in [0.2, 0.25) is 5.02 Å². The van der Waals surface area contributed by atoms with Gasteiger partial charge in [-0.1, -0.05) is 41.9 Å². The zero-order valence-corrected chi connectivity index (χ0v) is 17.1. The van der Waals surface area contributed by atoms with E-state index in [1.165, 1.54) is 11.6 Å². The third-order valence-electron chi connectivity index (χ3n) is 5.83. The van der Waals surface area contributed by atoms with Gasteiger partial charge < -0.3 is 5.32 Å². The standard InChI is InChI=1S/C22H19Cl2FN4/c23-21-17(2-1-3-18(21)25)14-6-8-22(24,9-7-14)16-4-5-19-15(10-16)11-26-12-20-28-27-13-29(19)20/h1-6,10,13,26H,7-9,11-12H2. The van der Waals surface area contributed by atoms with Gasteiger partial charge in [0.25, 0.3) is 0 Å². The predicted octanol–water partition coefficient (Wildman–Crippen LogP) is 5.36. The highest BCUT2D eigenvalue weighted by atomic mass is 35.5. The molecule has 4 nitrogen and oxygen atoms in total. The van der Waals surface area contributed by atoms with E-state index < -0.39 is 4.87 Å². The first-order chi connectivity index (χ1) is 14.0. The largest absolute Gasteiger partial charge is 0.306 e. The number of nitrogens with one attached hydrogen (secondary N) is 1. The van der Waals surface area contributed by atoms with E-state index in [0.29, 0.717) is 13.0 Å². The molecule has 0 bridgehead atoms. The van der Waals surface area contributed by atoms with Gasteiger partial charge >= 0.3 is 0 Å². The lowest BCUT2D eigenvalue weighted by atomic mass is 9.81. The van der Waals surface area contributed by atoms with Gasteiger partial charge in [-0.25, -0.2) is 4.39 Å². The average Bonchev–Trinajstić information content (AvgIpc) is 3.12. The van der Waals surface area contributed by atoms with Crippen LogP contribution < -0.4 is 5.32 Å². The molecule has 1 aliphatic heterocycles. The fourth-order valence-corrected chi connectivity index (χ4v) is 4.75. The van der Waals surface area contributed by atoms with Crippen LogP contribution in [0.3, 0.4) is 0 Å². The molecular weight excluding hydrogens is 410 g/mol. The summed E-state index contributed by atoms with van der Waals surface area (Å²) in [4.78, 5) is -0.485. The highest BCUT2D eigenvalue weighted by molar-refractivity contribution is 6.32. The maximum absolute atomic E-state index is 13.8. The molecule has 7 heteroatoms. The first-order valence-corrected chi connectivity index (χ1v) is 10.4. The predicted molar refractivity (Wildman–Crippen MR) is 113 cm³/mol. The number of allylic oxidation sites excluding steroid dienone is 2. The minimum Gasteiger partial charge on any atom is -0.306 e. The lowest BCUT2D eigenvalue weighted by Gasteiger charge is -2.32. The van der Waals surface area contributed by atoms with Crippen molar-refractivity contribution in [3.63, 3.8) is 0 Å². The molecular formula is C22H19Cl2FN4. The van der Waals surface area contributed by atoms with Gasteiger partial charge in [0.1, 0.15) is 12.1 Å². The van der Waals surface area contributed by atoms with E-state index in [-0.39, 0.29) is 10.8 Å². The van der Waals surface area contributed by atoms with Gasteiger partial charge in [0.15, 0.2) is 5.82 Å². The third-order valence-corrected chi connectivity index (χ3v) is 6.78. The molecule has 2 aliphatic rings. The fourth-order valence-electron chi connectivity index (χ4n) is 4.21. The molecule has 0 saturated carbocycles. The van der Waals surface area contributed by atoms with Gasteiger partial charge in [-0.15, -0.1) is 21.8 Å². The van der Waals surface area contributed by atoms with Crippen LogP contribution in [0, 0.1) is 5.82 Å². The SMILES string of the molecule is Fc1cccc(C2=CCC(Cl)(c3ccc4c(c3)CNCc3nncn3-4)CC2)c1Cl. The summed E-state index contributed by atoms with van der Waals surface area (Å²) in [5, 5.41) is 11.8. The average molecular weight is 429 g/mol. The van der Waals surface area contributed by atoms with Gasteiger partial charge in [0.2, 0.25) is 0 Å². The topological polar surface area (TPSA) is 42.7 Å². The van der Waals surface area contributed by atoms with Crippen LogP contribution in [-0.4, -0.2) is 14.8 Å². The molecule has 29 heavy (non-hydrogen) atoms. The zero-order valence-electron chi connectivity index (χ0n) is 15.6. The van der Waals surface area contributed by atoms with Crippen molar-refractivity contribution < 1.29 is 4.39 Å². The zero-order chi connectivity index (χ0) is 20.0. The summed E-state index contributed by atoms with van der Waals surface area (Å²) < 4.78 is 15.8. The maximum atomic E-state index is 13.8. The lowest BCUT2D eigenvalue weighted by molar-refractivity contribution is 0.553. The summed E-state index contributed by atoms with van der Waals surface area (Å²) in [6.45, 7) is 1.43. The molecule has 5 rings (SSSR count). The number of nitrogens with zero attached hydrogens (tertiary/aromatic N) is 3. The van der Waals surface area contributed by atoms with E-state index in [2.05, 4.69) is 39.8 Å². The quantitative estimate of drug-likeness (QED) is 0.558. The van der Waals surface area contributed by atoms with E-state index in [1.807, 2.05) is 10.6 Å². The molecule has 2 aromatic carbocycles. The molecule has 148 valence electrons. The Morgan fingerprint density at radius 2 is 2.07 bits per heavy atom. The summed E-state index contributed by atoms with van der Waals surface area (Å²) in [6.07, 6.45) is 6.02. The smallest absolute Gasteiger partial charge is 0.151 e. The van der Waals surface area contributed by atoms with Crippen molar-refractivity contribution in [1.29, 1.82) is 0 Å². The highest BCUT2D eigenvalue weighted by Crippen LogP contribution is 2.46. The number of hydrogen-bond donors (Lipinski definition) is 1. The molecule has 0 radical (unpaired) electrons. The van der Waals surface area contributed by atoms with Crippen molar-refractivity contribution in [2.45, 2.75) is 37.2 Å². The Kier molecular flexibility index (Phi) is 4.69. The minimum atomic E-state index is -0.485. The Hall–Kier alpha value is -2.21. The van der Waals surface area contributed by atoms with Crippen molar-refractivity contribution in [1.82, 2.24) is 20.1 Å². The number of rotatable bonds is 2. The maximum Gasteiger partial charge on any atom is 0.151 e. The van der Waals surface area contributed by atoms with E-state index in [0.717, 1.165) is 47.6 Å². The second-order valence-electron chi connectivity index (χ2n) is 7.56. The number of halogens is 3. The number of fused-ring (bicyclic) bond motifs is 3. The van der Waals surface area contributed by atoms with Gasteiger partial charge in [-0.2, -0.15) is 0 Å². The molecule has 1 N–H and O–H groups in total. The van der Waals surface area contributed by atoms with Crippen molar-refractivity contribution >= 4 is 28.8 Å². The van der Waals surface area contributed by atoms with Crippen LogP contribution in [0.4, 0.5) is 4.39 Å². The molecule has 1 aliphatic carbocycles. The van der Waals surface area contributed by atoms with Gasteiger partial charge in [-0.05, 0) is 53.7 Å². The first-order valence-electron chi connectivity index (χ1n) is 9.61. The highest BCUT2D eigenvalue weighted by Gasteiger charge is 2.33. The number of hydrogen-bond acceptors (Lipinski definition) is 3. The van der Waals surface area contributed by atoms with Crippen molar-refractivity contribution in [2.75, 3.05) is 0 Å². The second-order valence-corrected chi connectivity index (χ2v) is 8.67. The van der Waals surface area contributed by atoms with Gasteiger partial charge in [0, 0.05) is 6.54 Å². The molecule has 1 aromatic heterocycles. The molecule has 1 unspecified atom stereocenters. The molecule has 3 aromatic rings. The first kappa shape index (κ1) is 18.8. The van der Waals surface area contributed by atoms with E-state index in [1.54, 1.807) is 12.4 Å². The molecule has 0 fully saturated rings.